The quantitative estimate of drug-likeness (QED) is 0.595. The highest BCUT2D eigenvalue weighted by Crippen LogP contribution is 2.65. The molecule has 0 saturated heterocycles. The lowest BCUT2D eigenvalue weighted by molar-refractivity contribution is -0.110. The first kappa shape index (κ1) is 21.1. The molecule has 160 valence electrons. The maximum Gasteiger partial charge on any atom is 0.178 e. The van der Waals surface area contributed by atoms with Gasteiger partial charge in [0.15, 0.2) is 5.78 Å². The van der Waals surface area contributed by atoms with Crippen molar-refractivity contribution in [2.24, 2.45) is 40.4 Å². The van der Waals surface area contributed by atoms with Crippen LogP contribution in [0.2, 0.25) is 0 Å². The number of ketones is 1. The predicted octanol–water partition coefficient (Wildman–Crippen LogP) is 6.26. The molecule has 2 saturated carbocycles. The van der Waals surface area contributed by atoms with Gasteiger partial charge in [0.05, 0.1) is 5.60 Å². The van der Waals surface area contributed by atoms with E-state index in [1.807, 2.05) is 19.9 Å². The number of carbonyl (C=O) groups excluding carboxylic acids is 1. The molecule has 2 nitrogen and oxygen atoms in total. The van der Waals surface area contributed by atoms with Gasteiger partial charge in [-0.25, -0.2) is 0 Å². The van der Waals surface area contributed by atoms with Gasteiger partial charge in [-0.1, -0.05) is 51.8 Å². The summed E-state index contributed by atoms with van der Waals surface area (Å²) in [4.78, 5) is 11.9. The van der Waals surface area contributed by atoms with Crippen LogP contribution in [0, 0.1) is 40.4 Å². The highest BCUT2D eigenvalue weighted by molar-refractivity contribution is 6.01. The van der Waals surface area contributed by atoms with E-state index in [-0.39, 0.29) is 11.2 Å². The third-order valence-electron chi connectivity index (χ3n) is 9.32. The highest BCUT2D eigenvalue weighted by atomic mass is 16.3. The van der Waals surface area contributed by atoms with Crippen molar-refractivity contribution in [2.45, 2.75) is 85.2 Å². The molecule has 2 heteroatoms. The van der Waals surface area contributed by atoms with Crippen molar-refractivity contribution in [1.82, 2.24) is 0 Å². The SMILES string of the molecule is C[C@H](CCCC(C)(C)O)[C@H]1CC[C@H]2[C@@H]3C=CC4=CC(=O)C=C[C@]4(C)[C@H]3CC[C@]12C. The zero-order valence-corrected chi connectivity index (χ0v) is 19.1. The number of allylic oxidation sites excluding steroid dienone is 6. The fourth-order valence-electron chi connectivity index (χ4n) is 7.68. The first-order valence-electron chi connectivity index (χ1n) is 11.9. The largest absolute Gasteiger partial charge is 0.390 e. The molecule has 4 rings (SSSR count). The first-order valence-corrected chi connectivity index (χ1v) is 11.9. The maximum absolute atomic E-state index is 11.9. The Kier molecular flexibility index (Phi) is 5.25. The summed E-state index contributed by atoms with van der Waals surface area (Å²) in [6.07, 6.45) is 19.2. The minimum atomic E-state index is -0.539. The van der Waals surface area contributed by atoms with E-state index in [9.17, 15) is 9.90 Å². The van der Waals surface area contributed by atoms with Crippen LogP contribution in [0.5, 0.6) is 0 Å². The molecule has 2 fully saturated rings. The number of hydrogen-bond donors (Lipinski definition) is 1. The van der Waals surface area contributed by atoms with Crippen molar-refractivity contribution < 1.29 is 9.90 Å². The molecule has 0 radical (unpaired) electrons. The first-order chi connectivity index (χ1) is 13.5. The van der Waals surface area contributed by atoms with Crippen LogP contribution in [0.4, 0.5) is 0 Å². The third-order valence-corrected chi connectivity index (χ3v) is 9.32. The second-order valence-corrected chi connectivity index (χ2v) is 11.7. The molecule has 4 aliphatic carbocycles. The summed E-state index contributed by atoms with van der Waals surface area (Å²) in [7, 11) is 0. The minimum absolute atomic E-state index is 0.0328. The monoisotopic (exact) mass is 396 g/mol. The molecule has 0 aliphatic heterocycles. The van der Waals surface area contributed by atoms with E-state index >= 15 is 0 Å². The van der Waals surface area contributed by atoms with Gasteiger partial charge in [0.2, 0.25) is 0 Å². The lowest BCUT2D eigenvalue weighted by atomic mass is 9.49. The van der Waals surface area contributed by atoms with Gasteiger partial charge < -0.3 is 5.11 Å². The van der Waals surface area contributed by atoms with Crippen LogP contribution in [-0.4, -0.2) is 16.5 Å². The predicted molar refractivity (Wildman–Crippen MR) is 119 cm³/mol. The summed E-state index contributed by atoms with van der Waals surface area (Å²) in [5.74, 6) is 3.71. The maximum atomic E-state index is 11.9. The smallest absolute Gasteiger partial charge is 0.178 e. The van der Waals surface area contributed by atoms with Gasteiger partial charge in [-0.05, 0) is 98.7 Å². The Bertz CT molecular complexity index is 751. The van der Waals surface area contributed by atoms with E-state index in [0.29, 0.717) is 17.3 Å². The van der Waals surface area contributed by atoms with E-state index in [2.05, 4.69) is 39.0 Å². The zero-order chi connectivity index (χ0) is 21.0. The van der Waals surface area contributed by atoms with E-state index in [1.54, 1.807) is 6.08 Å². The number of aliphatic hydroxyl groups is 1. The average molecular weight is 397 g/mol. The highest BCUT2D eigenvalue weighted by Gasteiger charge is 2.58. The summed E-state index contributed by atoms with van der Waals surface area (Å²) in [5, 5.41) is 10.1. The summed E-state index contributed by atoms with van der Waals surface area (Å²) >= 11 is 0. The second kappa shape index (κ2) is 7.22. The summed E-state index contributed by atoms with van der Waals surface area (Å²) in [6, 6.07) is 0. The van der Waals surface area contributed by atoms with Crippen LogP contribution >= 0.6 is 0 Å². The summed E-state index contributed by atoms with van der Waals surface area (Å²) < 4.78 is 0. The molecule has 0 aromatic carbocycles. The Morgan fingerprint density at radius 1 is 1.17 bits per heavy atom. The Labute approximate surface area is 177 Å². The van der Waals surface area contributed by atoms with E-state index in [0.717, 1.165) is 30.6 Å². The third kappa shape index (κ3) is 3.60. The van der Waals surface area contributed by atoms with Crippen molar-refractivity contribution in [1.29, 1.82) is 0 Å². The molecule has 0 bridgehead atoms. The van der Waals surface area contributed by atoms with Crippen molar-refractivity contribution in [3.63, 3.8) is 0 Å². The van der Waals surface area contributed by atoms with Gasteiger partial charge in [0, 0.05) is 5.41 Å². The summed E-state index contributed by atoms with van der Waals surface area (Å²) in [5.41, 5.74) is 1.16. The van der Waals surface area contributed by atoms with Gasteiger partial charge >= 0.3 is 0 Å². The molecular formula is C27H40O2. The Morgan fingerprint density at radius 3 is 2.66 bits per heavy atom. The normalized spacial score (nSPS) is 42.1. The number of hydrogen-bond acceptors (Lipinski definition) is 2. The van der Waals surface area contributed by atoms with Gasteiger partial charge in [-0.2, -0.15) is 0 Å². The molecule has 0 spiro atoms. The van der Waals surface area contributed by atoms with Crippen LogP contribution < -0.4 is 0 Å². The second-order valence-electron chi connectivity index (χ2n) is 11.7. The number of carbonyl (C=O) groups is 1. The van der Waals surface area contributed by atoms with E-state index in [4.69, 9.17) is 0 Å². The van der Waals surface area contributed by atoms with Crippen LogP contribution in [0.15, 0.2) is 36.0 Å². The molecule has 0 aromatic rings. The number of fused-ring (bicyclic) bond motifs is 5. The van der Waals surface area contributed by atoms with E-state index < -0.39 is 5.60 Å². The van der Waals surface area contributed by atoms with Gasteiger partial charge in [-0.3, -0.25) is 4.79 Å². The molecule has 4 aliphatic rings. The Hall–Kier alpha value is -1.15. The number of rotatable bonds is 5. The van der Waals surface area contributed by atoms with E-state index in [1.165, 1.54) is 37.7 Å². The van der Waals surface area contributed by atoms with Crippen molar-refractivity contribution in [3.05, 3.63) is 36.0 Å². The van der Waals surface area contributed by atoms with Gasteiger partial charge in [0.25, 0.3) is 0 Å². The minimum Gasteiger partial charge on any atom is -0.390 e. The van der Waals surface area contributed by atoms with Crippen LogP contribution in [0.1, 0.15) is 79.6 Å². The van der Waals surface area contributed by atoms with Crippen LogP contribution in [0.3, 0.4) is 0 Å². The fourth-order valence-corrected chi connectivity index (χ4v) is 7.68. The van der Waals surface area contributed by atoms with Crippen LogP contribution in [-0.2, 0) is 4.79 Å². The lowest BCUT2D eigenvalue weighted by Gasteiger charge is -2.55. The lowest BCUT2D eigenvalue weighted by Crippen LogP contribution is -2.48. The van der Waals surface area contributed by atoms with Crippen LogP contribution in [0.25, 0.3) is 0 Å². The van der Waals surface area contributed by atoms with Gasteiger partial charge in [-0.15, -0.1) is 0 Å². The molecule has 1 N–H and O–H groups in total. The topological polar surface area (TPSA) is 37.3 Å². The van der Waals surface area contributed by atoms with Gasteiger partial charge in [0.1, 0.15) is 0 Å². The Balaban J connectivity index is 1.51. The fraction of sp³-hybridized carbons (Fsp3) is 0.741. The van der Waals surface area contributed by atoms with Crippen molar-refractivity contribution >= 4 is 5.78 Å². The zero-order valence-electron chi connectivity index (χ0n) is 19.1. The molecule has 0 amide bonds. The molecular weight excluding hydrogens is 356 g/mol. The molecule has 0 heterocycles. The molecule has 0 unspecified atom stereocenters. The standard InChI is InChI=1S/C27H40O2/c1-18(7-6-14-25(2,3)29)22-10-11-23-21-9-8-19-17-20(28)12-15-26(19,4)24(21)13-16-27(22,23)5/h8-9,12,15,17-18,21-24,29H,6-7,10-11,13-14,16H2,1-5H3/t18-,21+,22-,23+,24+,26+,27-/m1/s1. The summed E-state index contributed by atoms with van der Waals surface area (Å²) in [6.45, 7) is 11.3. The molecule has 29 heavy (non-hydrogen) atoms. The van der Waals surface area contributed by atoms with Crippen molar-refractivity contribution in [2.75, 3.05) is 0 Å². The van der Waals surface area contributed by atoms with Crippen molar-refractivity contribution in [3.8, 4) is 0 Å². The molecule has 7 atom stereocenters. The average Bonchev–Trinajstić information content (AvgIpc) is 2.98. The molecule has 0 aromatic heterocycles. The Morgan fingerprint density at radius 2 is 1.93 bits per heavy atom.